The zero-order valence-corrected chi connectivity index (χ0v) is 13.1. The molecule has 0 aliphatic heterocycles. The van der Waals surface area contributed by atoms with Gasteiger partial charge in [-0.05, 0) is 31.5 Å². The van der Waals surface area contributed by atoms with Gasteiger partial charge in [-0.3, -0.25) is 4.79 Å². The molecule has 0 fully saturated rings. The fourth-order valence-electron chi connectivity index (χ4n) is 1.54. The summed E-state index contributed by atoms with van der Waals surface area (Å²) < 4.78 is 5.29. The summed E-state index contributed by atoms with van der Waals surface area (Å²) in [5, 5.41) is 3.48. The largest absolute Gasteiger partial charge is 0.496 e. The molecule has 0 radical (unpaired) electrons. The van der Waals surface area contributed by atoms with E-state index in [9.17, 15) is 4.79 Å². The Balaban J connectivity index is 2.56. The minimum Gasteiger partial charge on any atom is -0.496 e. The summed E-state index contributed by atoms with van der Waals surface area (Å²) in [6.45, 7) is 4.67. The summed E-state index contributed by atoms with van der Waals surface area (Å²) in [5.41, 5.74) is 1.01. The average molecular weight is 302 g/mol. The van der Waals surface area contributed by atoms with Crippen molar-refractivity contribution in [3.8, 4) is 5.75 Å². The first kappa shape index (κ1) is 16.2. The fourth-order valence-corrected chi connectivity index (χ4v) is 2.63. The van der Waals surface area contributed by atoms with E-state index >= 15 is 0 Å². The van der Waals surface area contributed by atoms with Gasteiger partial charge in [0.2, 0.25) is 5.91 Å². The lowest BCUT2D eigenvalue weighted by Crippen LogP contribution is -2.31. The van der Waals surface area contributed by atoms with Gasteiger partial charge < -0.3 is 10.1 Å². The highest BCUT2D eigenvalue weighted by atomic mass is 35.5. The first-order valence-electron chi connectivity index (χ1n) is 6.30. The van der Waals surface area contributed by atoms with Crippen LogP contribution < -0.4 is 10.1 Å². The second-order valence-electron chi connectivity index (χ2n) is 4.20. The molecule has 1 rings (SSSR count). The molecular formula is C14H20ClNO2S. The van der Waals surface area contributed by atoms with E-state index in [1.165, 1.54) is 0 Å². The molecule has 1 amide bonds. The second-order valence-corrected chi connectivity index (χ2v) is 5.97. The van der Waals surface area contributed by atoms with E-state index in [-0.39, 0.29) is 11.2 Å². The highest BCUT2D eigenvalue weighted by Crippen LogP contribution is 2.28. The minimum atomic E-state index is -0.0877. The SMILES string of the molecule is CCCNC(=O)C(C)SCc1cc(Cl)ccc1OC. The van der Waals surface area contributed by atoms with Crippen LogP contribution in [0.4, 0.5) is 0 Å². The third-order valence-corrected chi connectivity index (χ3v) is 4.08. The van der Waals surface area contributed by atoms with Gasteiger partial charge in [-0.15, -0.1) is 11.8 Å². The molecule has 1 atom stereocenters. The van der Waals surface area contributed by atoms with Crippen LogP contribution in [0.2, 0.25) is 5.02 Å². The summed E-state index contributed by atoms with van der Waals surface area (Å²) in [6, 6.07) is 5.52. The molecule has 1 aromatic carbocycles. The third kappa shape index (κ3) is 5.33. The van der Waals surface area contributed by atoms with Crippen molar-refractivity contribution in [2.45, 2.75) is 31.3 Å². The maximum Gasteiger partial charge on any atom is 0.232 e. The molecule has 19 heavy (non-hydrogen) atoms. The maximum atomic E-state index is 11.8. The monoisotopic (exact) mass is 301 g/mol. The molecule has 0 saturated carbocycles. The van der Waals surface area contributed by atoms with Crippen molar-refractivity contribution in [1.82, 2.24) is 5.32 Å². The molecule has 3 nitrogen and oxygen atoms in total. The van der Waals surface area contributed by atoms with Gasteiger partial charge in [-0.2, -0.15) is 0 Å². The maximum absolute atomic E-state index is 11.8. The van der Waals surface area contributed by atoms with Crippen LogP contribution in [-0.4, -0.2) is 24.8 Å². The number of benzene rings is 1. The van der Waals surface area contributed by atoms with Gasteiger partial charge in [0.25, 0.3) is 0 Å². The van der Waals surface area contributed by atoms with Crippen molar-refractivity contribution < 1.29 is 9.53 Å². The van der Waals surface area contributed by atoms with Gasteiger partial charge in [0.15, 0.2) is 0 Å². The molecule has 0 heterocycles. The van der Waals surface area contributed by atoms with Crippen LogP contribution in [-0.2, 0) is 10.5 Å². The van der Waals surface area contributed by atoms with Crippen molar-refractivity contribution in [3.05, 3.63) is 28.8 Å². The van der Waals surface area contributed by atoms with Gasteiger partial charge in [0.1, 0.15) is 5.75 Å². The topological polar surface area (TPSA) is 38.3 Å². The highest BCUT2D eigenvalue weighted by Gasteiger charge is 2.14. The zero-order valence-electron chi connectivity index (χ0n) is 11.5. The van der Waals surface area contributed by atoms with E-state index < -0.39 is 0 Å². The Kier molecular flexibility index (Phi) is 7.10. The van der Waals surface area contributed by atoms with E-state index in [4.69, 9.17) is 16.3 Å². The number of thioether (sulfide) groups is 1. The number of amides is 1. The predicted octanol–water partition coefficient (Wildman–Crippen LogP) is 3.50. The standard InChI is InChI=1S/C14H20ClNO2S/c1-4-7-16-14(17)10(2)19-9-11-8-12(15)5-6-13(11)18-3/h5-6,8,10H,4,7,9H2,1-3H3,(H,16,17). The second kappa shape index (κ2) is 8.33. The lowest BCUT2D eigenvalue weighted by Gasteiger charge is -2.13. The van der Waals surface area contributed by atoms with Crippen molar-refractivity contribution >= 4 is 29.3 Å². The van der Waals surface area contributed by atoms with Crippen LogP contribution >= 0.6 is 23.4 Å². The summed E-state index contributed by atoms with van der Waals surface area (Å²) in [4.78, 5) is 11.8. The quantitative estimate of drug-likeness (QED) is 0.838. The summed E-state index contributed by atoms with van der Waals surface area (Å²) in [5.74, 6) is 1.58. The van der Waals surface area contributed by atoms with Gasteiger partial charge in [-0.25, -0.2) is 0 Å². The van der Waals surface area contributed by atoms with Crippen LogP contribution in [0.3, 0.4) is 0 Å². The molecule has 0 aliphatic carbocycles. The molecule has 0 saturated heterocycles. The average Bonchev–Trinajstić information content (AvgIpc) is 2.42. The van der Waals surface area contributed by atoms with Crippen LogP contribution in [0.15, 0.2) is 18.2 Å². The summed E-state index contributed by atoms with van der Waals surface area (Å²) >= 11 is 7.55. The lowest BCUT2D eigenvalue weighted by molar-refractivity contribution is -0.120. The molecule has 0 spiro atoms. The first-order chi connectivity index (χ1) is 9.08. The van der Waals surface area contributed by atoms with Crippen molar-refractivity contribution in [2.75, 3.05) is 13.7 Å². The van der Waals surface area contributed by atoms with Crippen LogP contribution in [0.5, 0.6) is 5.75 Å². The third-order valence-electron chi connectivity index (χ3n) is 2.65. The number of methoxy groups -OCH3 is 1. The van der Waals surface area contributed by atoms with Crippen molar-refractivity contribution in [2.24, 2.45) is 0 Å². The number of halogens is 1. The predicted molar refractivity (Wildman–Crippen MR) is 82.1 cm³/mol. The Morgan fingerprint density at radius 2 is 2.26 bits per heavy atom. The number of nitrogens with one attached hydrogen (secondary N) is 1. The van der Waals surface area contributed by atoms with Crippen molar-refractivity contribution in [3.63, 3.8) is 0 Å². The van der Waals surface area contributed by atoms with E-state index in [0.717, 1.165) is 24.3 Å². The Bertz CT molecular complexity index is 426. The van der Waals surface area contributed by atoms with Crippen molar-refractivity contribution in [1.29, 1.82) is 0 Å². The van der Waals surface area contributed by atoms with E-state index in [1.807, 2.05) is 26.0 Å². The van der Waals surface area contributed by atoms with Crippen LogP contribution in [0, 0.1) is 0 Å². The van der Waals surface area contributed by atoms with Gasteiger partial charge in [0.05, 0.1) is 12.4 Å². The van der Waals surface area contributed by atoms with Crippen LogP contribution in [0.1, 0.15) is 25.8 Å². The smallest absolute Gasteiger partial charge is 0.232 e. The van der Waals surface area contributed by atoms with E-state index in [1.54, 1.807) is 24.9 Å². The molecule has 5 heteroatoms. The molecule has 106 valence electrons. The van der Waals surface area contributed by atoms with Gasteiger partial charge in [-0.1, -0.05) is 18.5 Å². The summed E-state index contributed by atoms with van der Waals surface area (Å²) in [7, 11) is 1.63. The Hall–Kier alpha value is -0.870. The Morgan fingerprint density at radius 3 is 2.89 bits per heavy atom. The summed E-state index contributed by atoms with van der Waals surface area (Å²) in [6.07, 6.45) is 0.950. The van der Waals surface area contributed by atoms with Gasteiger partial charge >= 0.3 is 0 Å². The molecule has 0 aliphatic rings. The highest BCUT2D eigenvalue weighted by molar-refractivity contribution is 7.99. The van der Waals surface area contributed by atoms with E-state index in [0.29, 0.717) is 10.8 Å². The minimum absolute atomic E-state index is 0.0767. The van der Waals surface area contributed by atoms with Gasteiger partial charge in [0, 0.05) is 22.9 Å². The fraction of sp³-hybridized carbons (Fsp3) is 0.500. The number of hydrogen-bond acceptors (Lipinski definition) is 3. The Labute approximate surface area is 124 Å². The molecular weight excluding hydrogens is 282 g/mol. The molecule has 0 bridgehead atoms. The molecule has 0 aromatic heterocycles. The first-order valence-corrected chi connectivity index (χ1v) is 7.72. The number of ether oxygens (including phenoxy) is 1. The number of carbonyl (C=O) groups is 1. The molecule has 1 aromatic rings. The normalized spacial score (nSPS) is 12.0. The zero-order chi connectivity index (χ0) is 14.3. The Morgan fingerprint density at radius 1 is 1.53 bits per heavy atom. The number of hydrogen-bond donors (Lipinski definition) is 1. The lowest BCUT2D eigenvalue weighted by atomic mass is 10.2. The van der Waals surface area contributed by atoms with E-state index in [2.05, 4.69) is 5.32 Å². The molecule has 1 unspecified atom stereocenters. The number of carbonyl (C=O) groups excluding carboxylic acids is 1. The van der Waals surface area contributed by atoms with Crippen LogP contribution in [0.25, 0.3) is 0 Å². The number of rotatable bonds is 7. The molecule has 1 N–H and O–H groups in total.